The van der Waals surface area contributed by atoms with Gasteiger partial charge in [-0.2, -0.15) is 0 Å². The van der Waals surface area contributed by atoms with Gasteiger partial charge in [0.15, 0.2) is 0 Å². The van der Waals surface area contributed by atoms with Gasteiger partial charge in [-0.05, 0) is 68.9 Å². The highest BCUT2D eigenvalue weighted by Gasteiger charge is 2.34. The number of methoxy groups -OCH3 is 1. The first kappa shape index (κ1) is 19.2. The molecule has 2 nitrogen and oxygen atoms in total. The quantitative estimate of drug-likeness (QED) is 0.689. The van der Waals surface area contributed by atoms with Gasteiger partial charge in [0.2, 0.25) is 0 Å². The predicted octanol–water partition coefficient (Wildman–Crippen LogP) is 5.87. The molecule has 1 aliphatic rings. The third kappa shape index (κ3) is 3.18. The highest BCUT2D eigenvalue weighted by atomic mass is 79.9. The predicted molar refractivity (Wildman–Crippen MR) is 102 cm³/mol. The molecule has 0 amide bonds. The summed E-state index contributed by atoms with van der Waals surface area (Å²) in [4.78, 5) is 0. The average Bonchev–Trinajstić information content (AvgIpc) is 2.51. The number of allylic oxidation sites excluding steroid dienone is 3. The summed E-state index contributed by atoms with van der Waals surface area (Å²) in [6, 6.07) is 2.01. The number of hydrogen-bond acceptors (Lipinski definition) is 2. The average molecular weight is 397 g/mol. The van der Waals surface area contributed by atoms with Gasteiger partial charge in [-0.15, -0.1) is 0 Å². The van der Waals surface area contributed by atoms with E-state index in [2.05, 4.69) is 49.7 Å². The van der Waals surface area contributed by atoms with Crippen molar-refractivity contribution in [2.75, 3.05) is 13.7 Å². The lowest BCUT2D eigenvalue weighted by Crippen LogP contribution is -2.24. The van der Waals surface area contributed by atoms with Gasteiger partial charge in [-0.3, -0.25) is 0 Å². The molecule has 0 radical (unpaired) electrons. The number of benzene rings is 1. The Bertz CT molecular complexity index is 715. The number of rotatable bonds is 4. The Labute approximate surface area is 152 Å². The summed E-state index contributed by atoms with van der Waals surface area (Å²) in [5, 5.41) is 9.16. The molecule has 0 atom stereocenters. The molecule has 0 aromatic heterocycles. The maximum absolute atomic E-state index is 14.0. The summed E-state index contributed by atoms with van der Waals surface area (Å²) in [6.07, 6.45) is 3.24. The molecule has 0 saturated carbocycles. The van der Waals surface area contributed by atoms with Crippen molar-refractivity contribution in [1.29, 1.82) is 0 Å². The molecule has 0 fully saturated rings. The molecule has 1 aromatic rings. The van der Waals surface area contributed by atoms with Gasteiger partial charge in [-0.1, -0.05) is 33.8 Å². The summed E-state index contributed by atoms with van der Waals surface area (Å²) < 4.78 is 20.5. The number of ether oxygens (including phenoxy) is 1. The summed E-state index contributed by atoms with van der Waals surface area (Å²) in [6.45, 7) is 9.82. The van der Waals surface area contributed by atoms with Crippen LogP contribution >= 0.6 is 15.9 Å². The van der Waals surface area contributed by atoms with Crippen molar-refractivity contribution in [1.82, 2.24) is 0 Å². The van der Waals surface area contributed by atoms with Gasteiger partial charge in [0.25, 0.3) is 0 Å². The van der Waals surface area contributed by atoms with E-state index in [-0.39, 0.29) is 5.41 Å². The molecule has 24 heavy (non-hydrogen) atoms. The molecule has 132 valence electrons. The fourth-order valence-corrected chi connectivity index (χ4v) is 4.51. The molecule has 2 rings (SSSR count). The topological polar surface area (TPSA) is 29.5 Å². The maximum atomic E-state index is 14.0. The molecule has 0 heterocycles. The van der Waals surface area contributed by atoms with E-state index in [0.29, 0.717) is 22.8 Å². The number of fused-ring (bicyclic) bond motifs is 1. The fraction of sp³-hybridized carbons (Fsp3) is 0.500. The van der Waals surface area contributed by atoms with Crippen LogP contribution in [0.4, 0.5) is 4.39 Å². The van der Waals surface area contributed by atoms with Crippen LogP contribution in [-0.2, 0) is 5.41 Å². The minimum atomic E-state index is -0.609. The normalized spacial score (nSPS) is 17.3. The Morgan fingerprint density at radius 1 is 1.42 bits per heavy atom. The number of aliphatic hydroxyl groups is 1. The van der Waals surface area contributed by atoms with Gasteiger partial charge in [0.05, 0.1) is 18.2 Å². The maximum Gasteiger partial charge on any atom is 0.140 e. The highest BCUT2D eigenvalue weighted by molar-refractivity contribution is 9.10. The molecular weight excluding hydrogens is 371 g/mol. The zero-order valence-electron chi connectivity index (χ0n) is 15.3. The van der Waals surface area contributed by atoms with Crippen LogP contribution in [0, 0.1) is 5.92 Å². The monoisotopic (exact) mass is 396 g/mol. The summed E-state index contributed by atoms with van der Waals surface area (Å²) in [7, 11) is 1.59. The largest absolute Gasteiger partial charge is 0.495 e. The van der Waals surface area contributed by atoms with Crippen molar-refractivity contribution >= 4 is 27.1 Å². The van der Waals surface area contributed by atoms with Crippen LogP contribution in [0.5, 0.6) is 5.75 Å². The van der Waals surface area contributed by atoms with E-state index in [1.807, 2.05) is 6.07 Å². The van der Waals surface area contributed by atoms with Crippen molar-refractivity contribution in [3.8, 4) is 5.75 Å². The first-order valence-electron chi connectivity index (χ1n) is 8.23. The van der Waals surface area contributed by atoms with Crippen LogP contribution in [0.3, 0.4) is 0 Å². The van der Waals surface area contributed by atoms with Gasteiger partial charge < -0.3 is 9.84 Å². The molecule has 1 N–H and O–H groups in total. The van der Waals surface area contributed by atoms with E-state index in [1.54, 1.807) is 14.0 Å². The van der Waals surface area contributed by atoms with Gasteiger partial charge in [0.1, 0.15) is 11.6 Å². The third-order valence-corrected chi connectivity index (χ3v) is 5.57. The minimum absolute atomic E-state index is 0.0362. The molecule has 1 aromatic carbocycles. The lowest BCUT2D eigenvalue weighted by Gasteiger charge is -2.35. The fourth-order valence-electron chi connectivity index (χ4n) is 3.39. The second-order valence-corrected chi connectivity index (χ2v) is 8.08. The van der Waals surface area contributed by atoms with Crippen molar-refractivity contribution in [2.24, 2.45) is 5.92 Å². The minimum Gasteiger partial charge on any atom is -0.495 e. The second-order valence-electron chi connectivity index (χ2n) is 7.28. The molecular formula is C20H26BrFO2. The third-order valence-electron chi connectivity index (χ3n) is 4.82. The second kappa shape index (κ2) is 7.01. The summed E-state index contributed by atoms with van der Waals surface area (Å²) >= 11 is 3.71. The van der Waals surface area contributed by atoms with E-state index in [0.717, 1.165) is 16.5 Å². The highest BCUT2D eigenvalue weighted by Crippen LogP contribution is 2.50. The first-order valence-corrected chi connectivity index (χ1v) is 9.02. The molecule has 0 unspecified atom stereocenters. The summed E-state index contributed by atoms with van der Waals surface area (Å²) in [5.41, 5.74) is 4.65. The Morgan fingerprint density at radius 3 is 2.54 bits per heavy atom. The van der Waals surface area contributed by atoms with Gasteiger partial charge in [0, 0.05) is 5.56 Å². The molecule has 0 saturated heterocycles. The molecule has 0 spiro atoms. The van der Waals surface area contributed by atoms with E-state index in [9.17, 15) is 4.39 Å². The van der Waals surface area contributed by atoms with Crippen molar-refractivity contribution in [2.45, 2.75) is 46.5 Å². The molecule has 1 aliphatic carbocycles. The zero-order valence-corrected chi connectivity index (χ0v) is 16.8. The van der Waals surface area contributed by atoms with Crippen LogP contribution < -0.4 is 4.74 Å². The van der Waals surface area contributed by atoms with Crippen LogP contribution in [0.25, 0.3) is 11.1 Å². The number of aliphatic hydroxyl groups excluding tert-OH is 1. The molecule has 0 bridgehead atoms. The van der Waals surface area contributed by atoms with Gasteiger partial charge >= 0.3 is 0 Å². The van der Waals surface area contributed by atoms with E-state index in [1.165, 1.54) is 11.1 Å². The van der Waals surface area contributed by atoms with Crippen LogP contribution in [0.1, 0.15) is 57.7 Å². The number of halogens is 2. The zero-order chi connectivity index (χ0) is 18.2. The Kier molecular flexibility index (Phi) is 5.61. The SMILES string of the molecule is COc1c(C(C)=C(F)CO)cc2c(c1Br)C(C)(C)CC=C2C(C)C. The molecule has 0 aliphatic heterocycles. The Morgan fingerprint density at radius 2 is 2.04 bits per heavy atom. The van der Waals surface area contributed by atoms with Crippen molar-refractivity contribution < 1.29 is 14.2 Å². The van der Waals surface area contributed by atoms with Gasteiger partial charge in [-0.25, -0.2) is 4.39 Å². The van der Waals surface area contributed by atoms with E-state index >= 15 is 0 Å². The van der Waals surface area contributed by atoms with Crippen molar-refractivity contribution in [3.63, 3.8) is 0 Å². The molecule has 4 heteroatoms. The van der Waals surface area contributed by atoms with E-state index in [4.69, 9.17) is 9.84 Å². The van der Waals surface area contributed by atoms with Crippen LogP contribution in [0.15, 0.2) is 22.4 Å². The van der Waals surface area contributed by atoms with E-state index < -0.39 is 12.4 Å². The van der Waals surface area contributed by atoms with Crippen LogP contribution in [-0.4, -0.2) is 18.8 Å². The summed E-state index contributed by atoms with van der Waals surface area (Å²) in [5.74, 6) is 0.457. The number of hydrogen-bond donors (Lipinski definition) is 1. The van der Waals surface area contributed by atoms with Crippen LogP contribution in [0.2, 0.25) is 0 Å². The lowest BCUT2D eigenvalue weighted by atomic mass is 9.70. The first-order chi connectivity index (χ1) is 11.2. The van der Waals surface area contributed by atoms with Crippen molar-refractivity contribution in [3.05, 3.63) is 39.1 Å². The standard InChI is InChI=1S/C20H26BrFO2/c1-11(2)13-7-8-20(4,5)17-15(13)9-14(12(3)16(22)10-23)19(24-6)18(17)21/h7,9,11,23H,8,10H2,1-6H3. The lowest BCUT2D eigenvalue weighted by molar-refractivity contribution is 0.299. The smallest absolute Gasteiger partial charge is 0.140 e. The Balaban J connectivity index is 2.88. The Hall–Kier alpha value is -1.13.